The number of rotatable bonds is 5. The van der Waals surface area contributed by atoms with Crippen LogP contribution in [0.5, 0.6) is 0 Å². The van der Waals surface area contributed by atoms with Gasteiger partial charge < -0.3 is 0 Å². The summed E-state index contributed by atoms with van der Waals surface area (Å²) in [5.41, 5.74) is 6.61. The molecule has 0 atom stereocenters. The summed E-state index contributed by atoms with van der Waals surface area (Å²) in [6, 6.07) is 21.9. The van der Waals surface area contributed by atoms with E-state index in [0.29, 0.717) is 10.6 Å². The number of pyridine rings is 1. The monoisotopic (exact) mass is 433 g/mol. The van der Waals surface area contributed by atoms with Gasteiger partial charge in [0.25, 0.3) is 0 Å². The summed E-state index contributed by atoms with van der Waals surface area (Å²) in [4.78, 5) is 17.3. The van der Waals surface area contributed by atoms with Crippen LogP contribution in [0, 0.1) is 6.92 Å². The lowest BCUT2D eigenvalue weighted by molar-refractivity contribution is 0.101. The zero-order chi connectivity index (χ0) is 21.3. The largest absolute Gasteiger partial charge is 0.294 e. The van der Waals surface area contributed by atoms with Crippen LogP contribution < -0.4 is 0 Å². The van der Waals surface area contributed by atoms with Gasteiger partial charge in [-0.15, -0.1) is 0 Å². The number of ketones is 1. The van der Waals surface area contributed by atoms with Crippen molar-refractivity contribution >= 4 is 39.9 Å². The van der Waals surface area contributed by atoms with Gasteiger partial charge in [-0.1, -0.05) is 65.7 Å². The normalized spacial score (nSPS) is 11.1. The molecule has 0 aliphatic carbocycles. The number of aromatic nitrogens is 1. The molecule has 0 saturated carbocycles. The first-order chi connectivity index (χ1) is 14.4. The molecule has 1 heterocycles. The Bertz CT molecular complexity index is 1250. The van der Waals surface area contributed by atoms with Crippen molar-refractivity contribution in [1.82, 2.24) is 4.98 Å². The van der Waals surface area contributed by atoms with E-state index in [9.17, 15) is 4.79 Å². The van der Waals surface area contributed by atoms with Gasteiger partial charge in [-0.3, -0.25) is 9.78 Å². The highest BCUT2D eigenvalue weighted by Gasteiger charge is 2.20. The topological polar surface area (TPSA) is 30.0 Å². The first-order valence-electron chi connectivity index (χ1n) is 9.87. The fourth-order valence-corrected chi connectivity index (χ4v) is 4.28. The number of halogens is 2. The minimum Gasteiger partial charge on any atom is -0.294 e. The van der Waals surface area contributed by atoms with Crippen molar-refractivity contribution in [3.8, 4) is 11.1 Å². The summed E-state index contributed by atoms with van der Waals surface area (Å²) >= 11 is 12.2. The number of aryl methyl sites for hydroxylation is 3. The molecule has 4 rings (SSSR count). The standard InChI is InChI=1S/C26H21Cl2NO/c1-16-25(17(2)30)26(23-14-13-21(28)15-24(23)29-16)22-6-4-3-5-19(22)10-7-18-8-11-20(27)12-9-18/h3-6,8-9,11-15H,7,10H2,1-2H3. The molecule has 0 saturated heterocycles. The van der Waals surface area contributed by atoms with Gasteiger partial charge in [0.2, 0.25) is 0 Å². The SMILES string of the molecule is CC(=O)c1c(C)nc2cc(Cl)ccc2c1-c1ccccc1CCc1ccc(Cl)cc1. The van der Waals surface area contributed by atoms with Crippen LogP contribution in [0.15, 0.2) is 66.7 Å². The van der Waals surface area contributed by atoms with Crippen LogP contribution in [0.3, 0.4) is 0 Å². The second-order valence-electron chi connectivity index (χ2n) is 7.45. The molecule has 0 aliphatic rings. The van der Waals surface area contributed by atoms with Crippen molar-refractivity contribution in [2.45, 2.75) is 26.7 Å². The minimum absolute atomic E-state index is 0.0133. The number of hydrogen-bond donors (Lipinski definition) is 0. The Morgan fingerprint density at radius 3 is 2.33 bits per heavy atom. The average molecular weight is 434 g/mol. The second kappa shape index (κ2) is 8.59. The van der Waals surface area contributed by atoms with Crippen molar-refractivity contribution in [3.63, 3.8) is 0 Å². The number of nitrogens with zero attached hydrogens (tertiary/aromatic N) is 1. The number of benzene rings is 3. The third kappa shape index (κ3) is 4.12. The number of hydrogen-bond acceptors (Lipinski definition) is 2. The molecule has 0 N–H and O–H groups in total. The van der Waals surface area contributed by atoms with Crippen molar-refractivity contribution in [3.05, 3.63) is 99.2 Å². The lowest BCUT2D eigenvalue weighted by atomic mass is 9.88. The summed E-state index contributed by atoms with van der Waals surface area (Å²) in [7, 11) is 0. The molecule has 4 aromatic rings. The van der Waals surface area contributed by atoms with E-state index >= 15 is 0 Å². The minimum atomic E-state index is 0.0133. The van der Waals surface area contributed by atoms with Gasteiger partial charge in [-0.05, 0) is 67.6 Å². The Kier molecular flexibility index (Phi) is 5.90. The highest BCUT2D eigenvalue weighted by atomic mass is 35.5. The quantitative estimate of drug-likeness (QED) is 0.304. The zero-order valence-corrected chi connectivity index (χ0v) is 18.4. The van der Waals surface area contributed by atoms with E-state index < -0.39 is 0 Å². The predicted molar refractivity (Wildman–Crippen MR) is 126 cm³/mol. The molecule has 30 heavy (non-hydrogen) atoms. The van der Waals surface area contributed by atoms with Crippen LogP contribution >= 0.6 is 23.2 Å². The van der Waals surface area contributed by atoms with Crippen molar-refractivity contribution in [1.29, 1.82) is 0 Å². The van der Waals surface area contributed by atoms with E-state index in [1.807, 2.05) is 49.4 Å². The first-order valence-corrected chi connectivity index (χ1v) is 10.6. The van der Waals surface area contributed by atoms with E-state index in [-0.39, 0.29) is 5.78 Å². The molecular weight excluding hydrogens is 413 g/mol. The Morgan fingerprint density at radius 2 is 1.60 bits per heavy atom. The Balaban J connectivity index is 1.87. The molecule has 0 spiro atoms. The van der Waals surface area contributed by atoms with Gasteiger partial charge >= 0.3 is 0 Å². The van der Waals surface area contributed by atoms with Crippen LogP contribution in [-0.2, 0) is 12.8 Å². The number of carbonyl (C=O) groups excluding carboxylic acids is 1. The second-order valence-corrected chi connectivity index (χ2v) is 8.32. The molecule has 0 bridgehead atoms. The molecule has 150 valence electrons. The van der Waals surface area contributed by atoms with E-state index in [2.05, 4.69) is 29.2 Å². The fraction of sp³-hybridized carbons (Fsp3) is 0.154. The Labute approximate surface area is 186 Å². The highest BCUT2D eigenvalue weighted by molar-refractivity contribution is 6.31. The molecule has 1 aromatic heterocycles. The molecule has 0 fully saturated rings. The van der Waals surface area contributed by atoms with Gasteiger partial charge in [0, 0.05) is 32.3 Å². The maximum Gasteiger partial charge on any atom is 0.162 e. The number of Topliss-reactive ketones (excluding diaryl/α,β-unsaturated/α-hetero) is 1. The maximum atomic E-state index is 12.6. The lowest BCUT2D eigenvalue weighted by Crippen LogP contribution is -2.05. The van der Waals surface area contributed by atoms with Gasteiger partial charge in [-0.2, -0.15) is 0 Å². The number of fused-ring (bicyclic) bond motifs is 1. The molecule has 2 nitrogen and oxygen atoms in total. The van der Waals surface area contributed by atoms with Crippen LogP contribution in [0.25, 0.3) is 22.0 Å². The summed E-state index contributed by atoms with van der Waals surface area (Å²) in [5, 5.41) is 2.31. The van der Waals surface area contributed by atoms with Gasteiger partial charge in [-0.25, -0.2) is 0 Å². The van der Waals surface area contributed by atoms with E-state index in [4.69, 9.17) is 23.2 Å². The Hall–Kier alpha value is -2.68. The van der Waals surface area contributed by atoms with Crippen LogP contribution in [0.4, 0.5) is 0 Å². The van der Waals surface area contributed by atoms with E-state index in [1.165, 1.54) is 11.1 Å². The summed E-state index contributed by atoms with van der Waals surface area (Å²) in [5.74, 6) is 0.0133. The van der Waals surface area contributed by atoms with Crippen LogP contribution in [0.2, 0.25) is 10.0 Å². The summed E-state index contributed by atoms with van der Waals surface area (Å²) < 4.78 is 0. The lowest BCUT2D eigenvalue weighted by Gasteiger charge is -2.17. The van der Waals surface area contributed by atoms with Crippen molar-refractivity contribution < 1.29 is 4.79 Å². The number of carbonyl (C=O) groups is 1. The van der Waals surface area contributed by atoms with Crippen molar-refractivity contribution in [2.75, 3.05) is 0 Å². The average Bonchev–Trinajstić information content (AvgIpc) is 2.72. The summed E-state index contributed by atoms with van der Waals surface area (Å²) in [6.07, 6.45) is 1.74. The predicted octanol–water partition coefficient (Wildman–Crippen LogP) is 7.50. The van der Waals surface area contributed by atoms with E-state index in [1.54, 1.807) is 6.92 Å². The van der Waals surface area contributed by atoms with Gasteiger partial charge in [0.1, 0.15) is 0 Å². The summed E-state index contributed by atoms with van der Waals surface area (Å²) in [6.45, 7) is 3.49. The van der Waals surface area contributed by atoms with Gasteiger partial charge in [0.15, 0.2) is 5.78 Å². The smallest absolute Gasteiger partial charge is 0.162 e. The van der Waals surface area contributed by atoms with E-state index in [0.717, 1.165) is 45.6 Å². The van der Waals surface area contributed by atoms with Gasteiger partial charge in [0.05, 0.1) is 5.52 Å². The zero-order valence-electron chi connectivity index (χ0n) is 16.9. The molecule has 0 unspecified atom stereocenters. The molecule has 0 radical (unpaired) electrons. The molecule has 0 amide bonds. The molecular formula is C26H21Cl2NO. The highest BCUT2D eigenvalue weighted by Crippen LogP contribution is 2.36. The first kappa shape index (κ1) is 20.6. The maximum absolute atomic E-state index is 12.6. The third-order valence-corrected chi connectivity index (χ3v) is 5.85. The molecule has 0 aliphatic heterocycles. The van der Waals surface area contributed by atoms with Crippen LogP contribution in [0.1, 0.15) is 34.1 Å². The fourth-order valence-electron chi connectivity index (χ4n) is 3.98. The molecule has 4 heteroatoms. The third-order valence-electron chi connectivity index (χ3n) is 5.36. The van der Waals surface area contributed by atoms with Crippen molar-refractivity contribution in [2.24, 2.45) is 0 Å². The van der Waals surface area contributed by atoms with Crippen LogP contribution in [-0.4, -0.2) is 10.8 Å². The Morgan fingerprint density at radius 1 is 0.900 bits per heavy atom. The molecule has 3 aromatic carbocycles.